The van der Waals surface area contributed by atoms with Crippen LogP contribution in [0.2, 0.25) is 0 Å². The Kier molecular flexibility index (Phi) is 3.87. The van der Waals surface area contributed by atoms with Crippen molar-refractivity contribution in [2.24, 2.45) is 5.92 Å². The molecule has 18 heavy (non-hydrogen) atoms. The minimum atomic E-state index is 0.0583. The smallest absolute Gasteiger partial charge is 0.145 e. The Morgan fingerprint density at radius 1 is 1.56 bits per heavy atom. The van der Waals surface area contributed by atoms with E-state index in [0.29, 0.717) is 13.0 Å². The number of carbonyl (C=O) groups is 1. The van der Waals surface area contributed by atoms with E-state index in [-0.39, 0.29) is 23.2 Å². The summed E-state index contributed by atoms with van der Waals surface area (Å²) in [5.41, 5.74) is 1.13. The molecule has 4 heteroatoms. The van der Waals surface area contributed by atoms with E-state index in [1.165, 1.54) is 0 Å². The van der Waals surface area contributed by atoms with Gasteiger partial charge >= 0.3 is 0 Å². The fourth-order valence-corrected chi connectivity index (χ4v) is 3.10. The van der Waals surface area contributed by atoms with Crippen molar-refractivity contribution in [1.82, 2.24) is 4.98 Å². The minimum Gasteiger partial charge on any atom is -0.378 e. The number of aromatic nitrogens is 1. The van der Waals surface area contributed by atoms with Gasteiger partial charge in [-0.1, -0.05) is 20.8 Å². The van der Waals surface area contributed by atoms with Crippen LogP contribution in [0, 0.1) is 5.92 Å². The second-order valence-corrected chi connectivity index (χ2v) is 7.04. The molecule has 2 atom stereocenters. The van der Waals surface area contributed by atoms with Crippen LogP contribution >= 0.6 is 11.3 Å². The molecular weight excluding hydrogens is 246 g/mol. The highest BCUT2D eigenvalue weighted by Crippen LogP contribution is 2.26. The molecule has 1 saturated heterocycles. The normalized spacial score (nSPS) is 24.4. The van der Waals surface area contributed by atoms with E-state index in [2.05, 4.69) is 31.1 Å². The largest absolute Gasteiger partial charge is 0.378 e. The highest BCUT2D eigenvalue weighted by atomic mass is 32.1. The molecular formula is C14H21NO2S. The zero-order chi connectivity index (χ0) is 13.3. The SMILES string of the molecule is CC1CC(C(=O)Cc2nc(C(C)(C)C)cs2)CO1. The summed E-state index contributed by atoms with van der Waals surface area (Å²) in [6, 6.07) is 0. The maximum atomic E-state index is 12.1. The number of rotatable bonds is 3. The third-order valence-corrected chi connectivity index (χ3v) is 4.15. The predicted molar refractivity (Wildman–Crippen MR) is 73.0 cm³/mol. The van der Waals surface area contributed by atoms with Gasteiger partial charge in [0.05, 0.1) is 24.8 Å². The Labute approximate surface area is 113 Å². The lowest BCUT2D eigenvalue weighted by atomic mass is 9.93. The molecule has 0 radical (unpaired) electrons. The summed E-state index contributed by atoms with van der Waals surface area (Å²) in [7, 11) is 0. The van der Waals surface area contributed by atoms with Gasteiger partial charge in [0.2, 0.25) is 0 Å². The van der Waals surface area contributed by atoms with E-state index in [0.717, 1.165) is 17.1 Å². The topological polar surface area (TPSA) is 39.2 Å². The lowest BCUT2D eigenvalue weighted by Gasteiger charge is -2.14. The van der Waals surface area contributed by atoms with Crippen molar-refractivity contribution in [3.05, 3.63) is 16.1 Å². The first kappa shape index (κ1) is 13.7. The number of hydrogen-bond donors (Lipinski definition) is 0. The molecule has 1 aliphatic rings. The molecule has 1 aromatic rings. The van der Waals surface area contributed by atoms with Gasteiger partial charge in [0, 0.05) is 16.7 Å². The summed E-state index contributed by atoms with van der Waals surface area (Å²) in [5, 5.41) is 3.00. The zero-order valence-corrected chi connectivity index (χ0v) is 12.3. The maximum Gasteiger partial charge on any atom is 0.145 e. The number of hydrogen-bond acceptors (Lipinski definition) is 4. The number of Topliss-reactive ketones (excluding diaryl/α,β-unsaturated/α-hetero) is 1. The van der Waals surface area contributed by atoms with Gasteiger partial charge in [-0.15, -0.1) is 11.3 Å². The van der Waals surface area contributed by atoms with Crippen LogP contribution in [0.1, 0.15) is 44.8 Å². The molecule has 1 aliphatic heterocycles. The van der Waals surface area contributed by atoms with E-state index >= 15 is 0 Å². The van der Waals surface area contributed by atoms with Gasteiger partial charge in [0.25, 0.3) is 0 Å². The summed E-state index contributed by atoms with van der Waals surface area (Å²) in [5.74, 6) is 0.344. The van der Waals surface area contributed by atoms with Crippen molar-refractivity contribution in [1.29, 1.82) is 0 Å². The molecule has 3 nitrogen and oxygen atoms in total. The third kappa shape index (κ3) is 3.18. The molecule has 2 heterocycles. The summed E-state index contributed by atoms with van der Waals surface area (Å²) in [4.78, 5) is 16.7. The van der Waals surface area contributed by atoms with Crippen molar-refractivity contribution in [3.63, 3.8) is 0 Å². The summed E-state index contributed by atoms with van der Waals surface area (Å²) in [6.07, 6.45) is 1.54. The number of carbonyl (C=O) groups excluding carboxylic acids is 1. The third-order valence-electron chi connectivity index (χ3n) is 3.30. The Morgan fingerprint density at radius 3 is 2.78 bits per heavy atom. The van der Waals surface area contributed by atoms with Crippen molar-refractivity contribution in [2.45, 2.75) is 52.1 Å². The first-order valence-corrected chi connectivity index (χ1v) is 7.33. The fraction of sp³-hybridized carbons (Fsp3) is 0.714. The average molecular weight is 267 g/mol. The standard InChI is InChI=1S/C14H21NO2S/c1-9-5-10(7-17-9)11(16)6-13-15-12(8-18-13)14(2,3)4/h8-10H,5-7H2,1-4H3. The van der Waals surface area contributed by atoms with Crippen molar-refractivity contribution >= 4 is 17.1 Å². The van der Waals surface area contributed by atoms with Crippen LogP contribution in [0.5, 0.6) is 0 Å². The van der Waals surface area contributed by atoms with E-state index in [4.69, 9.17) is 4.74 Å². The van der Waals surface area contributed by atoms with Crippen LogP contribution in [0.15, 0.2) is 5.38 Å². The van der Waals surface area contributed by atoms with Crippen LogP contribution < -0.4 is 0 Å². The quantitative estimate of drug-likeness (QED) is 0.845. The molecule has 0 bridgehead atoms. The molecule has 100 valence electrons. The maximum absolute atomic E-state index is 12.1. The van der Waals surface area contributed by atoms with Gasteiger partial charge in [-0.2, -0.15) is 0 Å². The first-order chi connectivity index (χ1) is 8.36. The van der Waals surface area contributed by atoms with Crippen LogP contribution in [0.25, 0.3) is 0 Å². The second kappa shape index (κ2) is 5.10. The zero-order valence-electron chi connectivity index (χ0n) is 11.5. The van der Waals surface area contributed by atoms with Gasteiger partial charge in [0.1, 0.15) is 10.8 Å². The first-order valence-electron chi connectivity index (χ1n) is 6.45. The molecule has 0 aromatic carbocycles. The van der Waals surface area contributed by atoms with Gasteiger partial charge in [0.15, 0.2) is 0 Å². The van der Waals surface area contributed by atoms with E-state index in [9.17, 15) is 4.79 Å². The van der Waals surface area contributed by atoms with E-state index < -0.39 is 0 Å². The highest BCUT2D eigenvalue weighted by molar-refractivity contribution is 7.09. The van der Waals surface area contributed by atoms with Crippen molar-refractivity contribution in [2.75, 3.05) is 6.61 Å². The summed E-state index contributed by atoms with van der Waals surface area (Å²) in [6.45, 7) is 9.02. The monoisotopic (exact) mass is 267 g/mol. The van der Waals surface area contributed by atoms with Crippen LogP contribution in [-0.4, -0.2) is 23.5 Å². The molecule has 0 aliphatic carbocycles. The summed E-state index contributed by atoms with van der Waals surface area (Å²) >= 11 is 1.59. The highest BCUT2D eigenvalue weighted by Gasteiger charge is 2.28. The van der Waals surface area contributed by atoms with Gasteiger partial charge in [-0.3, -0.25) is 4.79 Å². The van der Waals surface area contributed by atoms with Gasteiger partial charge in [-0.05, 0) is 13.3 Å². The molecule has 0 amide bonds. The van der Waals surface area contributed by atoms with Crippen LogP contribution in [0.3, 0.4) is 0 Å². The number of ketones is 1. The van der Waals surface area contributed by atoms with E-state index in [1.54, 1.807) is 11.3 Å². The number of nitrogens with zero attached hydrogens (tertiary/aromatic N) is 1. The predicted octanol–water partition coefficient (Wildman–Crippen LogP) is 2.98. The van der Waals surface area contributed by atoms with Gasteiger partial charge < -0.3 is 4.74 Å². The molecule has 1 aromatic heterocycles. The van der Waals surface area contributed by atoms with Crippen LogP contribution in [-0.2, 0) is 21.4 Å². The molecule has 1 fully saturated rings. The molecule has 0 N–H and O–H groups in total. The number of ether oxygens (including phenoxy) is 1. The van der Waals surface area contributed by atoms with Crippen molar-refractivity contribution < 1.29 is 9.53 Å². The minimum absolute atomic E-state index is 0.0583. The Hall–Kier alpha value is -0.740. The molecule has 2 unspecified atom stereocenters. The fourth-order valence-electron chi connectivity index (χ4n) is 2.07. The Bertz CT molecular complexity index is 433. The van der Waals surface area contributed by atoms with Crippen LogP contribution in [0.4, 0.5) is 0 Å². The van der Waals surface area contributed by atoms with Crippen molar-refractivity contribution in [3.8, 4) is 0 Å². The second-order valence-electron chi connectivity index (χ2n) is 6.10. The number of thiazole rings is 1. The van der Waals surface area contributed by atoms with Gasteiger partial charge in [-0.25, -0.2) is 4.98 Å². The molecule has 2 rings (SSSR count). The lowest BCUT2D eigenvalue weighted by molar-refractivity contribution is -0.122. The Balaban J connectivity index is 1.97. The molecule has 0 saturated carbocycles. The summed E-state index contributed by atoms with van der Waals surface area (Å²) < 4.78 is 5.45. The lowest BCUT2D eigenvalue weighted by Crippen LogP contribution is -2.17. The average Bonchev–Trinajstić information content (AvgIpc) is 2.85. The Morgan fingerprint density at radius 2 is 2.28 bits per heavy atom. The molecule has 0 spiro atoms. The van der Waals surface area contributed by atoms with E-state index in [1.807, 2.05) is 6.92 Å².